The largest absolute Gasteiger partial charge is 0.276 e. The summed E-state index contributed by atoms with van der Waals surface area (Å²) in [5, 5.41) is 11.7. The summed E-state index contributed by atoms with van der Waals surface area (Å²) in [7, 11) is 0. The van der Waals surface area contributed by atoms with Gasteiger partial charge in [0.2, 0.25) is 0 Å². The molecule has 0 saturated carbocycles. The molecule has 4 rings (SSSR count). The van der Waals surface area contributed by atoms with Crippen LogP contribution in [0.5, 0.6) is 0 Å². The first-order valence-electron chi connectivity index (χ1n) is 7.43. The molecule has 22 heavy (non-hydrogen) atoms. The zero-order chi connectivity index (χ0) is 15.5. The Labute approximate surface area is 134 Å². The van der Waals surface area contributed by atoms with Gasteiger partial charge in [-0.05, 0) is 18.4 Å². The molecule has 3 heterocycles. The van der Waals surface area contributed by atoms with Gasteiger partial charge in [0.1, 0.15) is 17.4 Å². The van der Waals surface area contributed by atoms with Crippen molar-refractivity contribution < 1.29 is 0 Å². The minimum Gasteiger partial charge on any atom is -0.276 e. The number of rotatable bonds is 1. The molecule has 4 nitrogen and oxygen atoms in total. The van der Waals surface area contributed by atoms with Crippen molar-refractivity contribution in [1.82, 2.24) is 14.8 Å². The first kappa shape index (κ1) is 14.7. The monoisotopic (exact) mass is 310 g/mol. The average Bonchev–Trinajstić information content (AvgIpc) is 3.14. The van der Waals surface area contributed by atoms with Gasteiger partial charge in [-0.25, -0.2) is 0 Å². The zero-order valence-corrected chi connectivity index (χ0v) is 13.8. The number of thiophene rings is 1. The Kier molecular flexibility index (Phi) is 4.15. The van der Waals surface area contributed by atoms with Crippen LogP contribution < -0.4 is 0 Å². The van der Waals surface area contributed by atoms with E-state index in [4.69, 9.17) is 4.99 Å². The van der Waals surface area contributed by atoms with Gasteiger partial charge in [0, 0.05) is 11.1 Å². The van der Waals surface area contributed by atoms with Crippen molar-refractivity contribution in [2.24, 2.45) is 4.99 Å². The van der Waals surface area contributed by atoms with E-state index >= 15 is 0 Å². The van der Waals surface area contributed by atoms with E-state index in [1.165, 1.54) is 0 Å². The van der Waals surface area contributed by atoms with E-state index in [1.54, 1.807) is 11.3 Å². The fraction of sp³-hybridized carbons (Fsp3) is 0.235. The Morgan fingerprint density at radius 3 is 2.59 bits per heavy atom. The van der Waals surface area contributed by atoms with Crippen LogP contribution in [0, 0.1) is 6.92 Å². The summed E-state index contributed by atoms with van der Waals surface area (Å²) in [5.74, 6) is 1.81. The Bertz CT molecular complexity index is 799. The summed E-state index contributed by atoms with van der Waals surface area (Å²) in [6.45, 7) is 6.54. The Hall–Kier alpha value is -2.27. The lowest BCUT2D eigenvalue weighted by Gasteiger charge is -2.07. The summed E-state index contributed by atoms with van der Waals surface area (Å²) >= 11 is 1.70. The van der Waals surface area contributed by atoms with Gasteiger partial charge in [0.05, 0.1) is 5.71 Å². The molecule has 1 aliphatic rings. The van der Waals surface area contributed by atoms with E-state index < -0.39 is 0 Å². The van der Waals surface area contributed by atoms with Gasteiger partial charge in [-0.3, -0.25) is 9.56 Å². The number of benzene rings is 1. The van der Waals surface area contributed by atoms with Gasteiger partial charge in [-0.15, -0.1) is 21.5 Å². The van der Waals surface area contributed by atoms with Crippen molar-refractivity contribution in [3.05, 3.63) is 64.6 Å². The molecule has 0 bridgehead atoms. The van der Waals surface area contributed by atoms with E-state index in [0.29, 0.717) is 6.54 Å². The molecule has 3 aromatic rings. The molecular formula is C17H18N4S. The summed E-state index contributed by atoms with van der Waals surface area (Å²) in [6.07, 6.45) is 0. The number of hydrogen-bond acceptors (Lipinski definition) is 4. The van der Waals surface area contributed by atoms with E-state index in [9.17, 15) is 0 Å². The molecule has 0 radical (unpaired) electrons. The summed E-state index contributed by atoms with van der Waals surface area (Å²) < 4.78 is 2.11. The number of aryl methyl sites for hydroxylation is 1. The predicted octanol–water partition coefficient (Wildman–Crippen LogP) is 4.01. The molecule has 0 fully saturated rings. The highest BCUT2D eigenvalue weighted by molar-refractivity contribution is 7.13. The second-order valence-electron chi connectivity index (χ2n) is 4.67. The molecule has 0 atom stereocenters. The molecule has 0 unspecified atom stereocenters. The molecule has 112 valence electrons. The van der Waals surface area contributed by atoms with Gasteiger partial charge in [-0.1, -0.05) is 44.2 Å². The highest BCUT2D eigenvalue weighted by Crippen LogP contribution is 2.29. The number of nitrogens with zero attached hydrogens (tertiary/aromatic N) is 4. The number of aromatic nitrogens is 3. The first-order chi connectivity index (χ1) is 10.8. The van der Waals surface area contributed by atoms with E-state index in [1.807, 2.05) is 39.0 Å². The third kappa shape index (κ3) is 2.37. The smallest absolute Gasteiger partial charge is 0.160 e. The Morgan fingerprint density at radius 2 is 1.82 bits per heavy atom. The lowest BCUT2D eigenvalue weighted by Crippen LogP contribution is -2.04. The van der Waals surface area contributed by atoms with Gasteiger partial charge < -0.3 is 0 Å². The van der Waals surface area contributed by atoms with Crippen LogP contribution in [0.2, 0.25) is 0 Å². The fourth-order valence-electron chi connectivity index (χ4n) is 2.51. The molecule has 0 spiro atoms. The molecule has 0 amide bonds. The Balaban J connectivity index is 0.000000693. The van der Waals surface area contributed by atoms with E-state index in [0.717, 1.165) is 33.5 Å². The molecule has 2 aromatic heterocycles. The average molecular weight is 310 g/mol. The topological polar surface area (TPSA) is 43.1 Å². The Morgan fingerprint density at radius 1 is 1.05 bits per heavy atom. The third-order valence-electron chi connectivity index (χ3n) is 3.42. The number of hydrogen-bond donors (Lipinski definition) is 0. The zero-order valence-electron chi connectivity index (χ0n) is 12.9. The van der Waals surface area contributed by atoms with Crippen LogP contribution >= 0.6 is 11.3 Å². The van der Waals surface area contributed by atoms with Crippen molar-refractivity contribution in [3.8, 4) is 5.00 Å². The lowest BCUT2D eigenvalue weighted by molar-refractivity contribution is 0.869. The quantitative estimate of drug-likeness (QED) is 0.681. The lowest BCUT2D eigenvalue weighted by atomic mass is 10.0. The predicted molar refractivity (Wildman–Crippen MR) is 91.1 cm³/mol. The van der Waals surface area contributed by atoms with Crippen LogP contribution in [0.15, 0.2) is 46.8 Å². The summed E-state index contributed by atoms with van der Waals surface area (Å²) in [4.78, 5) is 4.76. The SMILES string of the molecule is CC.Cc1nnc2n1-c1sccc1C(c1ccccc1)=NC2. The maximum atomic E-state index is 4.76. The normalized spacial score (nSPS) is 12.4. The van der Waals surface area contributed by atoms with Gasteiger partial charge in [0.25, 0.3) is 0 Å². The van der Waals surface area contributed by atoms with Crippen molar-refractivity contribution >= 4 is 17.0 Å². The van der Waals surface area contributed by atoms with Gasteiger partial charge in [-0.2, -0.15) is 0 Å². The van der Waals surface area contributed by atoms with Crippen LogP contribution in [0.1, 0.15) is 36.6 Å². The summed E-state index contributed by atoms with van der Waals surface area (Å²) in [5.41, 5.74) is 3.33. The molecule has 1 aliphatic heterocycles. The van der Waals surface area contributed by atoms with Crippen LogP contribution in [-0.2, 0) is 6.54 Å². The van der Waals surface area contributed by atoms with Crippen LogP contribution in [0.4, 0.5) is 0 Å². The van der Waals surface area contributed by atoms with Crippen molar-refractivity contribution in [2.75, 3.05) is 0 Å². The number of fused-ring (bicyclic) bond motifs is 3. The fourth-order valence-corrected chi connectivity index (χ4v) is 3.47. The second-order valence-corrected chi connectivity index (χ2v) is 5.56. The molecule has 0 aliphatic carbocycles. The molecular weight excluding hydrogens is 292 g/mol. The molecule has 0 N–H and O–H groups in total. The van der Waals surface area contributed by atoms with Crippen LogP contribution in [0.25, 0.3) is 5.00 Å². The maximum absolute atomic E-state index is 4.76. The van der Waals surface area contributed by atoms with Crippen molar-refractivity contribution in [2.45, 2.75) is 27.3 Å². The highest BCUT2D eigenvalue weighted by atomic mass is 32.1. The van der Waals surface area contributed by atoms with E-state index in [2.05, 4.69) is 38.3 Å². The van der Waals surface area contributed by atoms with Crippen LogP contribution in [-0.4, -0.2) is 20.5 Å². The second kappa shape index (κ2) is 6.23. The minimum absolute atomic E-state index is 0.562. The van der Waals surface area contributed by atoms with Crippen LogP contribution in [0.3, 0.4) is 0 Å². The van der Waals surface area contributed by atoms with E-state index in [-0.39, 0.29) is 0 Å². The highest BCUT2D eigenvalue weighted by Gasteiger charge is 2.22. The first-order valence-corrected chi connectivity index (χ1v) is 8.31. The minimum atomic E-state index is 0.562. The van der Waals surface area contributed by atoms with Crippen molar-refractivity contribution in [3.63, 3.8) is 0 Å². The molecule has 5 heteroatoms. The third-order valence-corrected chi connectivity index (χ3v) is 4.32. The molecule has 0 saturated heterocycles. The summed E-state index contributed by atoms with van der Waals surface area (Å²) in [6, 6.07) is 12.4. The van der Waals surface area contributed by atoms with Gasteiger partial charge in [0.15, 0.2) is 5.82 Å². The standard InChI is InChI=1S/C15H12N4S.C2H6/c1-10-17-18-13-9-16-14(11-5-3-2-4-6-11)12-7-8-20-15(12)19(10)13;1-2/h2-8H,9H2,1H3;1-2H3. The number of aliphatic imine (C=N–C) groups is 1. The van der Waals surface area contributed by atoms with Crippen molar-refractivity contribution in [1.29, 1.82) is 0 Å². The maximum Gasteiger partial charge on any atom is 0.160 e. The van der Waals surface area contributed by atoms with Gasteiger partial charge >= 0.3 is 0 Å². The molecule has 1 aromatic carbocycles.